The summed E-state index contributed by atoms with van der Waals surface area (Å²) in [6.45, 7) is 5.97. The number of benzene rings is 2. The molecule has 1 saturated heterocycles. The second-order valence-corrected chi connectivity index (χ2v) is 7.73. The number of aryl methyl sites for hydroxylation is 1. The van der Waals surface area contributed by atoms with Crippen molar-refractivity contribution < 1.29 is 4.42 Å². The Morgan fingerprint density at radius 1 is 1.10 bits per heavy atom. The van der Waals surface area contributed by atoms with Crippen molar-refractivity contribution in [3.63, 3.8) is 0 Å². The predicted molar refractivity (Wildman–Crippen MR) is 118 cm³/mol. The van der Waals surface area contributed by atoms with Gasteiger partial charge in [0.1, 0.15) is 5.58 Å². The van der Waals surface area contributed by atoms with Gasteiger partial charge in [0, 0.05) is 43.6 Å². The van der Waals surface area contributed by atoms with Crippen molar-refractivity contribution in [2.75, 3.05) is 31.1 Å². The molecule has 146 valence electrons. The lowest BCUT2D eigenvalue weighted by Crippen LogP contribution is -2.43. The molecular formula is C23H20ClN3O2. The quantitative estimate of drug-likeness (QED) is 0.501. The van der Waals surface area contributed by atoms with Gasteiger partial charge in [-0.1, -0.05) is 29.8 Å². The van der Waals surface area contributed by atoms with Crippen molar-refractivity contribution in [3.05, 3.63) is 69.5 Å². The minimum atomic E-state index is -0.203. The number of halogens is 1. The molecule has 5 nitrogen and oxygen atoms in total. The standard InChI is InChI=1S/C23H20ClN3O2/c1-14-13-26-21-22(28)20-17(24)3-2-4-18(20)29-23(21)19(14)15-5-7-16(8-6-15)27-11-9-25-10-12-27/h2-8,13,25H,9-12H2,1H3. The maximum atomic E-state index is 13.0. The highest BCUT2D eigenvalue weighted by Gasteiger charge is 2.18. The first-order valence-electron chi connectivity index (χ1n) is 9.70. The van der Waals surface area contributed by atoms with Crippen LogP contribution >= 0.6 is 11.6 Å². The van der Waals surface area contributed by atoms with Gasteiger partial charge < -0.3 is 14.6 Å². The fourth-order valence-corrected chi connectivity index (χ4v) is 4.25. The van der Waals surface area contributed by atoms with E-state index in [1.54, 1.807) is 24.4 Å². The van der Waals surface area contributed by atoms with Crippen LogP contribution in [0.2, 0.25) is 5.02 Å². The molecule has 2 aromatic carbocycles. The minimum absolute atomic E-state index is 0.203. The number of hydrogen-bond acceptors (Lipinski definition) is 5. The number of aromatic nitrogens is 1. The largest absolute Gasteiger partial charge is 0.453 e. The highest BCUT2D eigenvalue weighted by Crippen LogP contribution is 2.33. The van der Waals surface area contributed by atoms with E-state index in [-0.39, 0.29) is 5.43 Å². The van der Waals surface area contributed by atoms with Crippen LogP contribution in [0.15, 0.2) is 57.9 Å². The van der Waals surface area contributed by atoms with Crippen LogP contribution in [0.5, 0.6) is 0 Å². The Balaban J connectivity index is 1.69. The molecule has 2 aromatic heterocycles. The summed E-state index contributed by atoms with van der Waals surface area (Å²) in [6, 6.07) is 13.7. The Kier molecular flexibility index (Phi) is 4.49. The third-order valence-corrected chi connectivity index (χ3v) is 5.81. The third kappa shape index (κ3) is 3.07. The van der Waals surface area contributed by atoms with Crippen molar-refractivity contribution in [1.82, 2.24) is 10.3 Å². The predicted octanol–water partition coefficient (Wildman–Crippen LogP) is 4.38. The van der Waals surface area contributed by atoms with Crippen LogP contribution in [0.1, 0.15) is 5.56 Å². The highest BCUT2D eigenvalue weighted by molar-refractivity contribution is 6.35. The number of pyridine rings is 1. The molecule has 1 fully saturated rings. The molecule has 0 spiro atoms. The molecule has 0 unspecified atom stereocenters. The van der Waals surface area contributed by atoms with E-state index in [0.29, 0.717) is 27.1 Å². The van der Waals surface area contributed by atoms with Crippen LogP contribution in [-0.4, -0.2) is 31.2 Å². The zero-order valence-electron chi connectivity index (χ0n) is 16.0. The molecule has 6 heteroatoms. The normalized spacial score (nSPS) is 14.6. The molecule has 0 atom stereocenters. The van der Waals surface area contributed by atoms with E-state index in [4.69, 9.17) is 16.0 Å². The van der Waals surface area contributed by atoms with Gasteiger partial charge in [0.15, 0.2) is 11.1 Å². The molecule has 1 N–H and O–H groups in total. The van der Waals surface area contributed by atoms with Gasteiger partial charge in [-0.25, -0.2) is 4.98 Å². The van der Waals surface area contributed by atoms with E-state index in [2.05, 4.69) is 39.5 Å². The van der Waals surface area contributed by atoms with Gasteiger partial charge in [-0.15, -0.1) is 0 Å². The van der Waals surface area contributed by atoms with Crippen molar-refractivity contribution in [1.29, 1.82) is 0 Å². The molecule has 4 aromatic rings. The second kappa shape index (κ2) is 7.17. The SMILES string of the molecule is Cc1cnc2c(=O)c3c(Cl)cccc3oc2c1-c1ccc(N2CCNCC2)cc1. The molecule has 0 bridgehead atoms. The van der Waals surface area contributed by atoms with Gasteiger partial charge in [0.25, 0.3) is 0 Å². The first-order valence-corrected chi connectivity index (χ1v) is 10.1. The maximum absolute atomic E-state index is 13.0. The minimum Gasteiger partial charge on any atom is -0.453 e. The van der Waals surface area contributed by atoms with E-state index in [0.717, 1.165) is 42.9 Å². The number of hydrogen-bond donors (Lipinski definition) is 1. The van der Waals surface area contributed by atoms with Crippen molar-refractivity contribution >= 4 is 39.4 Å². The Morgan fingerprint density at radius 2 is 1.86 bits per heavy atom. The van der Waals surface area contributed by atoms with E-state index in [1.807, 2.05) is 6.92 Å². The molecule has 0 amide bonds. The molecule has 0 aliphatic carbocycles. The number of piperazine rings is 1. The van der Waals surface area contributed by atoms with Crippen LogP contribution in [-0.2, 0) is 0 Å². The summed E-state index contributed by atoms with van der Waals surface area (Å²) in [4.78, 5) is 19.8. The number of rotatable bonds is 2. The average molecular weight is 406 g/mol. The highest BCUT2D eigenvalue weighted by atomic mass is 35.5. The van der Waals surface area contributed by atoms with Gasteiger partial charge >= 0.3 is 0 Å². The lowest BCUT2D eigenvalue weighted by Gasteiger charge is -2.29. The molecule has 0 radical (unpaired) electrons. The smallest absolute Gasteiger partial charge is 0.220 e. The molecule has 29 heavy (non-hydrogen) atoms. The summed E-state index contributed by atoms with van der Waals surface area (Å²) < 4.78 is 6.16. The zero-order valence-corrected chi connectivity index (χ0v) is 16.8. The fourth-order valence-electron chi connectivity index (χ4n) is 4.00. The first-order chi connectivity index (χ1) is 14.1. The second-order valence-electron chi connectivity index (χ2n) is 7.32. The third-order valence-electron chi connectivity index (χ3n) is 5.49. The molecule has 3 heterocycles. The van der Waals surface area contributed by atoms with Gasteiger partial charge in [-0.05, 0) is 42.3 Å². The summed E-state index contributed by atoms with van der Waals surface area (Å²) in [5.41, 5.74) is 5.12. The van der Waals surface area contributed by atoms with E-state index in [1.165, 1.54) is 5.69 Å². The van der Waals surface area contributed by atoms with Gasteiger partial charge in [-0.2, -0.15) is 0 Å². The molecule has 1 aliphatic rings. The van der Waals surface area contributed by atoms with Crippen molar-refractivity contribution in [2.45, 2.75) is 6.92 Å². The van der Waals surface area contributed by atoms with E-state index < -0.39 is 0 Å². The van der Waals surface area contributed by atoms with Crippen molar-refractivity contribution in [2.24, 2.45) is 0 Å². The van der Waals surface area contributed by atoms with E-state index >= 15 is 0 Å². The summed E-state index contributed by atoms with van der Waals surface area (Å²) in [5.74, 6) is 0. The van der Waals surface area contributed by atoms with Crippen LogP contribution < -0.4 is 15.6 Å². The summed E-state index contributed by atoms with van der Waals surface area (Å²) in [5, 5.41) is 4.12. The first kappa shape index (κ1) is 18.2. The van der Waals surface area contributed by atoms with E-state index in [9.17, 15) is 4.79 Å². The number of fused-ring (bicyclic) bond motifs is 2. The van der Waals surface area contributed by atoms with Gasteiger partial charge in [0.2, 0.25) is 5.43 Å². The zero-order chi connectivity index (χ0) is 20.0. The van der Waals surface area contributed by atoms with Gasteiger partial charge in [-0.3, -0.25) is 4.79 Å². The number of nitrogens with zero attached hydrogens (tertiary/aromatic N) is 2. The molecule has 5 rings (SSSR count). The topological polar surface area (TPSA) is 58.4 Å². The fraction of sp³-hybridized carbons (Fsp3) is 0.217. The molecular weight excluding hydrogens is 386 g/mol. The van der Waals surface area contributed by atoms with Crippen LogP contribution in [0.3, 0.4) is 0 Å². The van der Waals surface area contributed by atoms with Crippen LogP contribution in [0.25, 0.3) is 33.2 Å². The van der Waals surface area contributed by atoms with Gasteiger partial charge in [0.05, 0.1) is 10.4 Å². The number of nitrogens with one attached hydrogen (secondary N) is 1. The lowest BCUT2D eigenvalue weighted by atomic mass is 10.00. The summed E-state index contributed by atoms with van der Waals surface area (Å²) >= 11 is 6.25. The Labute approximate surface area is 172 Å². The Morgan fingerprint density at radius 3 is 2.62 bits per heavy atom. The van der Waals surface area contributed by atoms with Crippen LogP contribution in [0.4, 0.5) is 5.69 Å². The Bertz CT molecular complexity index is 1280. The molecule has 0 saturated carbocycles. The maximum Gasteiger partial charge on any atom is 0.220 e. The van der Waals surface area contributed by atoms with Crippen molar-refractivity contribution in [3.8, 4) is 11.1 Å². The van der Waals surface area contributed by atoms with Crippen LogP contribution in [0, 0.1) is 6.92 Å². The average Bonchev–Trinajstić information content (AvgIpc) is 2.74. The summed E-state index contributed by atoms with van der Waals surface area (Å²) in [6.07, 6.45) is 1.72. The lowest BCUT2D eigenvalue weighted by molar-refractivity contribution is 0.589. The number of anilines is 1. The summed E-state index contributed by atoms with van der Waals surface area (Å²) in [7, 11) is 0. The monoisotopic (exact) mass is 405 g/mol. The Hall–Kier alpha value is -2.89. The molecule has 1 aliphatic heterocycles.